The number of rotatable bonds is 4. The zero-order valence-electron chi connectivity index (χ0n) is 17.4. The molecule has 1 amide bonds. The van der Waals surface area contributed by atoms with Crippen molar-refractivity contribution < 1.29 is 4.79 Å². The zero-order valence-corrected chi connectivity index (χ0v) is 18.2. The van der Waals surface area contributed by atoms with Gasteiger partial charge in [-0.1, -0.05) is 60.7 Å². The van der Waals surface area contributed by atoms with E-state index in [1.807, 2.05) is 53.4 Å². The van der Waals surface area contributed by atoms with E-state index in [0.717, 1.165) is 18.7 Å². The van der Waals surface area contributed by atoms with E-state index in [9.17, 15) is 9.59 Å². The molecule has 1 aliphatic rings. The van der Waals surface area contributed by atoms with Crippen molar-refractivity contribution in [3.05, 3.63) is 93.5 Å². The number of piperazine rings is 1. The van der Waals surface area contributed by atoms with Crippen molar-refractivity contribution in [2.75, 3.05) is 31.1 Å². The van der Waals surface area contributed by atoms with Gasteiger partial charge in [0.15, 0.2) is 0 Å². The Morgan fingerprint density at radius 3 is 2.22 bits per heavy atom. The average Bonchev–Trinajstić information content (AvgIpc) is 3.23. The van der Waals surface area contributed by atoms with Crippen LogP contribution >= 0.6 is 12.2 Å². The molecule has 5 rings (SSSR count). The number of nitrogens with one attached hydrogen (secondary N) is 2. The third-order valence-electron chi connectivity index (χ3n) is 6.00. The number of nitrogens with zero attached hydrogens (tertiary/aromatic N) is 3. The molecule has 1 fully saturated rings. The number of aromatic amines is 2. The second kappa shape index (κ2) is 8.47. The SMILES string of the molecule is O=C(C(c1ccccc1)n1ccc2[nH][nH]c(=O)c2c1=S)N1CCN(c2ccccc2)CC1. The highest BCUT2D eigenvalue weighted by molar-refractivity contribution is 7.71. The van der Waals surface area contributed by atoms with Crippen molar-refractivity contribution in [3.8, 4) is 0 Å². The van der Waals surface area contributed by atoms with Gasteiger partial charge >= 0.3 is 0 Å². The van der Waals surface area contributed by atoms with E-state index in [1.165, 1.54) is 5.69 Å². The third-order valence-corrected chi connectivity index (χ3v) is 6.41. The summed E-state index contributed by atoms with van der Waals surface area (Å²) >= 11 is 5.66. The maximum atomic E-state index is 13.8. The molecule has 1 atom stereocenters. The second-order valence-corrected chi connectivity index (χ2v) is 8.24. The smallest absolute Gasteiger partial charge is 0.274 e. The third kappa shape index (κ3) is 3.62. The maximum absolute atomic E-state index is 13.8. The number of aromatic nitrogens is 3. The van der Waals surface area contributed by atoms with Crippen molar-refractivity contribution in [1.82, 2.24) is 19.7 Å². The molecule has 1 saturated heterocycles. The van der Waals surface area contributed by atoms with Gasteiger partial charge in [0.25, 0.3) is 5.56 Å². The van der Waals surface area contributed by atoms with Crippen LogP contribution in [0.2, 0.25) is 0 Å². The largest absolute Gasteiger partial charge is 0.368 e. The van der Waals surface area contributed by atoms with Gasteiger partial charge in [-0.2, -0.15) is 0 Å². The molecule has 1 unspecified atom stereocenters. The molecule has 0 bridgehead atoms. The van der Waals surface area contributed by atoms with Crippen molar-refractivity contribution in [3.63, 3.8) is 0 Å². The summed E-state index contributed by atoms with van der Waals surface area (Å²) in [5, 5.41) is 5.80. The summed E-state index contributed by atoms with van der Waals surface area (Å²) in [6.45, 7) is 2.77. The minimum absolute atomic E-state index is 0.0219. The molecular formula is C24H23N5O2S. The number of carbonyl (C=O) groups excluding carboxylic acids is 1. The van der Waals surface area contributed by atoms with E-state index >= 15 is 0 Å². The number of pyridine rings is 1. The van der Waals surface area contributed by atoms with Crippen LogP contribution in [0.3, 0.4) is 0 Å². The highest BCUT2D eigenvalue weighted by atomic mass is 32.1. The van der Waals surface area contributed by atoms with E-state index in [2.05, 4.69) is 27.2 Å². The summed E-state index contributed by atoms with van der Waals surface area (Å²) in [6, 6.07) is 21.0. The van der Waals surface area contributed by atoms with Gasteiger partial charge in [-0.3, -0.25) is 19.8 Å². The fourth-order valence-corrected chi connectivity index (χ4v) is 4.69. The van der Waals surface area contributed by atoms with Gasteiger partial charge in [-0.15, -0.1) is 0 Å². The first-order valence-electron chi connectivity index (χ1n) is 10.6. The zero-order chi connectivity index (χ0) is 22.1. The molecule has 0 saturated carbocycles. The molecule has 0 aliphatic carbocycles. The van der Waals surface area contributed by atoms with Crippen molar-refractivity contribution in [2.24, 2.45) is 0 Å². The Morgan fingerprint density at radius 1 is 0.875 bits per heavy atom. The standard InChI is InChI=1S/C24H23N5O2S/c30-22-20-19(25-26-22)11-12-29(24(20)32)21(17-7-3-1-4-8-17)23(31)28-15-13-27(14-16-28)18-9-5-2-6-10-18/h1-12,21H,13-16H2,(H2,25,26,30). The molecule has 32 heavy (non-hydrogen) atoms. The van der Waals surface area contributed by atoms with Crippen molar-refractivity contribution in [2.45, 2.75) is 6.04 Å². The normalized spacial score (nSPS) is 15.1. The van der Waals surface area contributed by atoms with Crippen LogP contribution in [-0.2, 0) is 4.79 Å². The molecule has 4 aromatic rings. The summed E-state index contributed by atoms with van der Waals surface area (Å²) in [7, 11) is 0. The molecule has 0 radical (unpaired) electrons. The first-order chi connectivity index (χ1) is 15.6. The Kier molecular flexibility index (Phi) is 5.36. The van der Waals surface area contributed by atoms with Gasteiger partial charge in [0.05, 0.1) is 5.52 Å². The van der Waals surface area contributed by atoms with Gasteiger partial charge in [-0.05, 0) is 23.8 Å². The predicted octanol–water partition coefficient (Wildman–Crippen LogP) is 3.33. The topological polar surface area (TPSA) is 77.1 Å². The Labute approximate surface area is 189 Å². The number of amides is 1. The van der Waals surface area contributed by atoms with E-state index in [-0.39, 0.29) is 11.5 Å². The maximum Gasteiger partial charge on any atom is 0.274 e. The summed E-state index contributed by atoms with van der Waals surface area (Å²) in [5.41, 5.74) is 2.35. The molecule has 1 aliphatic heterocycles. The Balaban J connectivity index is 1.48. The molecule has 2 aromatic carbocycles. The van der Waals surface area contributed by atoms with Crippen LogP contribution in [0.15, 0.2) is 77.7 Å². The molecule has 0 spiro atoms. The first kappa shape index (κ1) is 20.3. The van der Waals surface area contributed by atoms with Gasteiger partial charge in [0, 0.05) is 38.1 Å². The minimum Gasteiger partial charge on any atom is -0.368 e. The minimum atomic E-state index is -0.634. The quantitative estimate of drug-likeness (QED) is 0.473. The molecule has 3 heterocycles. The molecule has 8 heteroatoms. The van der Waals surface area contributed by atoms with Crippen LogP contribution in [-0.4, -0.2) is 51.8 Å². The van der Waals surface area contributed by atoms with Crippen LogP contribution in [0.5, 0.6) is 0 Å². The number of anilines is 1. The number of carbonyl (C=O) groups is 1. The van der Waals surface area contributed by atoms with E-state index in [4.69, 9.17) is 12.2 Å². The number of hydrogen-bond donors (Lipinski definition) is 2. The lowest BCUT2D eigenvalue weighted by atomic mass is 10.0. The lowest BCUT2D eigenvalue weighted by Crippen LogP contribution is -2.50. The van der Waals surface area contributed by atoms with E-state index in [0.29, 0.717) is 28.6 Å². The highest BCUT2D eigenvalue weighted by Gasteiger charge is 2.30. The fourth-order valence-electron chi connectivity index (χ4n) is 4.32. The number of hydrogen-bond acceptors (Lipinski definition) is 4. The number of para-hydroxylation sites is 1. The van der Waals surface area contributed by atoms with E-state index in [1.54, 1.807) is 16.8 Å². The molecular weight excluding hydrogens is 422 g/mol. The first-order valence-corrected chi connectivity index (χ1v) is 11.0. The summed E-state index contributed by atoms with van der Waals surface area (Å²) in [5.74, 6) is -0.0219. The lowest BCUT2D eigenvalue weighted by Gasteiger charge is -2.38. The Bertz CT molecular complexity index is 1350. The molecule has 2 N–H and O–H groups in total. The number of benzene rings is 2. The van der Waals surface area contributed by atoms with Crippen LogP contribution in [0.1, 0.15) is 11.6 Å². The fraction of sp³-hybridized carbons (Fsp3) is 0.208. The predicted molar refractivity (Wildman–Crippen MR) is 128 cm³/mol. The van der Waals surface area contributed by atoms with Gasteiger partial charge in [0.2, 0.25) is 5.91 Å². The van der Waals surface area contributed by atoms with Crippen LogP contribution in [0.4, 0.5) is 5.69 Å². The van der Waals surface area contributed by atoms with E-state index < -0.39 is 6.04 Å². The molecule has 162 valence electrons. The van der Waals surface area contributed by atoms with Crippen molar-refractivity contribution >= 4 is 34.7 Å². The van der Waals surface area contributed by atoms with Crippen LogP contribution in [0.25, 0.3) is 10.9 Å². The Hall–Kier alpha value is -3.65. The Morgan fingerprint density at radius 2 is 1.53 bits per heavy atom. The van der Waals surface area contributed by atoms with Gasteiger partial charge in [0.1, 0.15) is 16.1 Å². The van der Waals surface area contributed by atoms with Gasteiger partial charge in [-0.25, -0.2) is 0 Å². The van der Waals surface area contributed by atoms with Crippen molar-refractivity contribution in [1.29, 1.82) is 0 Å². The summed E-state index contributed by atoms with van der Waals surface area (Å²) < 4.78 is 2.08. The summed E-state index contributed by atoms with van der Waals surface area (Å²) in [4.78, 5) is 30.3. The summed E-state index contributed by atoms with van der Waals surface area (Å²) in [6.07, 6.45) is 1.78. The molecule has 7 nitrogen and oxygen atoms in total. The second-order valence-electron chi connectivity index (χ2n) is 7.86. The van der Waals surface area contributed by atoms with Crippen LogP contribution < -0.4 is 10.5 Å². The lowest BCUT2D eigenvalue weighted by molar-refractivity contribution is -0.133. The van der Waals surface area contributed by atoms with Crippen LogP contribution in [0, 0.1) is 4.64 Å². The highest BCUT2D eigenvalue weighted by Crippen LogP contribution is 2.25. The average molecular weight is 446 g/mol. The monoisotopic (exact) mass is 445 g/mol. The van der Waals surface area contributed by atoms with Gasteiger partial charge < -0.3 is 14.4 Å². The number of fused-ring (bicyclic) bond motifs is 1. The number of H-pyrrole nitrogens is 2. The molecule has 2 aromatic heterocycles.